The number of carbonyl (C=O) groups is 1. The zero-order valence-electron chi connectivity index (χ0n) is 17.1. The van der Waals surface area contributed by atoms with Crippen LogP contribution in [0.15, 0.2) is 64.5 Å². The maximum atomic E-state index is 13.5. The predicted octanol–water partition coefficient (Wildman–Crippen LogP) is 4.47. The van der Waals surface area contributed by atoms with Gasteiger partial charge in [-0.25, -0.2) is 4.68 Å². The van der Waals surface area contributed by atoms with E-state index < -0.39 is 0 Å². The number of allylic oxidation sites excluding steroid dienone is 2. The predicted molar refractivity (Wildman–Crippen MR) is 119 cm³/mol. The molecule has 2 heterocycles. The summed E-state index contributed by atoms with van der Waals surface area (Å²) < 4.78 is 13.7. The number of halogens is 1. The van der Waals surface area contributed by atoms with Gasteiger partial charge in [-0.2, -0.15) is 10.1 Å². The summed E-state index contributed by atoms with van der Waals surface area (Å²) in [5.74, 6) is 2.18. The Kier molecular flexibility index (Phi) is 5.02. The van der Waals surface area contributed by atoms with E-state index >= 15 is 0 Å². The number of carbonyl (C=O) groups excluding carboxylic acids is 1. The van der Waals surface area contributed by atoms with Crippen molar-refractivity contribution in [1.82, 2.24) is 14.8 Å². The lowest BCUT2D eigenvalue weighted by Gasteiger charge is -2.35. The maximum Gasteiger partial charge on any atom is 0.226 e. The second-order valence-corrected chi connectivity index (χ2v) is 8.55. The third-order valence-electron chi connectivity index (χ3n) is 5.91. The summed E-state index contributed by atoms with van der Waals surface area (Å²) >= 11 is 3.54. The molecule has 3 aromatic rings. The van der Waals surface area contributed by atoms with E-state index in [9.17, 15) is 4.79 Å². The number of hydrogen-bond acceptors (Lipinski definition) is 6. The molecule has 2 aliphatic rings. The van der Waals surface area contributed by atoms with E-state index in [1.165, 1.54) is 6.33 Å². The highest BCUT2D eigenvalue weighted by molar-refractivity contribution is 9.10. The molecular weight excluding hydrogens is 460 g/mol. The van der Waals surface area contributed by atoms with Crippen molar-refractivity contribution >= 4 is 27.7 Å². The molecule has 7 nitrogen and oxygen atoms in total. The topological polar surface area (TPSA) is 78.3 Å². The molecule has 0 radical (unpaired) electrons. The minimum Gasteiger partial charge on any atom is -0.497 e. The molecule has 8 heteroatoms. The number of Topliss-reactive ketones (excluding diaryl/α,β-unsaturated/α-hetero) is 1. The Hall–Kier alpha value is -3.13. The van der Waals surface area contributed by atoms with Gasteiger partial charge in [-0.1, -0.05) is 34.1 Å². The smallest absolute Gasteiger partial charge is 0.226 e. The van der Waals surface area contributed by atoms with E-state index in [0.717, 1.165) is 38.4 Å². The van der Waals surface area contributed by atoms with E-state index in [2.05, 4.69) is 31.3 Å². The number of nitrogens with one attached hydrogen (secondary N) is 1. The lowest BCUT2D eigenvalue weighted by molar-refractivity contribution is -0.116. The first kappa shape index (κ1) is 19.8. The van der Waals surface area contributed by atoms with Crippen molar-refractivity contribution in [2.45, 2.75) is 24.8 Å². The number of anilines is 1. The van der Waals surface area contributed by atoms with Crippen molar-refractivity contribution < 1.29 is 14.3 Å². The summed E-state index contributed by atoms with van der Waals surface area (Å²) in [5, 5.41) is 7.76. The number of benzene rings is 2. The highest BCUT2D eigenvalue weighted by Gasteiger charge is 2.39. The molecule has 1 N–H and O–H groups in total. The van der Waals surface area contributed by atoms with Crippen molar-refractivity contribution in [3.05, 3.63) is 75.7 Å². The average molecular weight is 481 g/mol. The third kappa shape index (κ3) is 3.40. The monoisotopic (exact) mass is 480 g/mol. The van der Waals surface area contributed by atoms with E-state index in [1.807, 2.05) is 42.5 Å². The SMILES string of the molecule is COc1ccc([C@@H]2CC(=O)C3=C(C2)Nc2ncnn2[C@H]3c2cccc(Br)c2)c(OC)c1. The third-order valence-corrected chi connectivity index (χ3v) is 6.40. The Bertz CT molecular complexity index is 1200. The second kappa shape index (κ2) is 7.85. The van der Waals surface area contributed by atoms with Gasteiger partial charge in [0.25, 0.3) is 0 Å². The number of fused-ring (bicyclic) bond motifs is 1. The van der Waals surface area contributed by atoms with Crippen LogP contribution < -0.4 is 14.8 Å². The number of ether oxygens (including phenoxy) is 2. The molecule has 1 aliphatic carbocycles. The molecule has 2 aromatic carbocycles. The Morgan fingerprint density at radius 1 is 1.13 bits per heavy atom. The Balaban J connectivity index is 1.58. The van der Waals surface area contributed by atoms with E-state index in [-0.39, 0.29) is 17.7 Å². The van der Waals surface area contributed by atoms with Gasteiger partial charge in [-0.05, 0) is 35.7 Å². The summed E-state index contributed by atoms with van der Waals surface area (Å²) in [6.45, 7) is 0. The van der Waals surface area contributed by atoms with Gasteiger partial charge in [0, 0.05) is 34.1 Å². The summed E-state index contributed by atoms with van der Waals surface area (Å²) in [6.07, 6.45) is 2.60. The highest BCUT2D eigenvalue weighted by atomic mass is 79.9. The Morgan fingerprint density at radius 2 is 2.00 bits per heavy atom. The van der Waals surface area contributed by atoms with Crippen LogP contribution >= 0.6 is 15.9 Å². The van der Waals surface area contributed by atoms with Crippen LogP contribution in [0.1, 0.15) is 35.9 Å². The fourth-order valence-corrected chi connectivity index (χ4v) is 4.93. The molecule has 158 valence electrons. The molecule has 0 saturated carbocycles. The van der Waals surface area contributed by atoms with E-state index in [4.69, 9.17) is 9.47 Å². The van der Waals surface area contributed by atoms with E-state index in [1.54, 1.807) is 18.9 Å². The zero-order valence-corrected chi connectivity index (χ0v) is 18.7. The fraction of sp³-hybridized carbons (Fsp3) is 0.261. The maximum absolute atomic E-state index is 13.5. The summed E-state index contributed by atoms with van der Waals surface area (Å²) in [6, 6.07) is 13.4. The van der Waals surface area contributed by atoms with Crippen molar-refractivity contribution in [3.8, 4) is 11.5 Å². The summed E-state index contributed by atoms with van der Waals surface area (Å²) in [7, 11) is 3.26. The van der Waals surface area contributed by atoms with Crippen molar-refractivity contribution in [2.75, 3.05) is 19.5 Å². The lowest BCUT2D eigenvalue weighted by atomic mass is 9.77. The van der Waals surface area contributed by atoms with Crippen LogP contribution in [0.5, 0.6) is 11.5 Å². The molecule has 0 amide bonds. The van der Waals surface area contributed by atoms with Crippen LogP contribution in [-0.2, 0) is 4.79 Å². The van der Waals surface area contributed by atoms with Crippen molar-refractivity contribution in [2.24, 2.45) is 0 Å². The van der Waals surface area contributed by atoms with Crippen LogP contribution in [-0.4, -0.2) is 34.8 Å². The molecule has 2 atom stereocenters. The minimum atomic E-state index is -0.308. The van der Waals surface area contributed by atoms with Crippen LogP contribution in [0.2, 0.25) is 0 Å². The molecule has 0 bridgehead atoms. The first-order chi connectivity index (χ1) is 15.1. The molecule has 1 aliphatic heterocycles. The average Bonchev–Trinajstić information content (AvgIpc) is 3.25. The molecule has 0 spiro atoms. The van der Waals surface area contributed by atoms with Crippen molar-refractivity contribution in [3.63, 3.8) is 0 Å². The lowest BCUT2D eigenvalue weighted by Crippen LogP contribution is -2.33. The van der Waals surface area contributed by atoms with Crippen molar-refractivity contribution in [1.29, 1.82) is 0 Å². The van der Waals surface area contributed by atoms with Crippen LogP contribution in [0.3, 0.4) is 0 Å². The second-order valence-electron chi connectivity index (χ2n) is 7.64. The van der Waals surface area contributed by atoms with Crippen LogP contribution in [0.4, 0.5) is 5.95 Å². The molecule has 31 heavy (non-hydrogen) atoms. The quantitative estimate of drug-likeness (QED) is 0.593. The Morgan fingerprint density at radius 3 is 2.77 bits per heavy atom. The Labute approximate surface area is 188 Å². The first-order valence-electron chi connectivity index (χ1n) is 9.99. The van der Waals surface area contributed by atoms with Crippen LogP contribution in [0.25, 0.3) is 0 Å². The molecular formula is C23H21BrN4O3. The molecule has 0 fully saturated rings. The van der Waals surface area contributed by atoms with Crippen LogP contribution in [0, 0.1) is 0 Å². The summed E-state index contributed by atoms with van der Waals surface area (Å²) in [5.41, 5.74) is 3.63. The van der Waals surface area contributed by atoms with Gasteiger partial charge in [-0.3, -0.25) is 4.79 Å². The van der Waals surface area contributed by atoms with Gasteiger partial charge in [-0.15, -0.1) is 0 Å². The molecule has 1 aromatic heterocycles. The van der Waals surface area contributed by atoms with Gasteiger partial charge in [0.2, 0.25) is 5.95 Å². The minimum absolute atomic E-state index is 0.00256. The molecule has 0 saturated heterocycles. The number of nitrogens with zero attached hydrogens (tertiary/aromatic N) is 3. The van der Waals surface area contributed by atoms with Gasteiger partial charge < -0.3 is 14.8 Å². The van der Waals surface area contributed by atoms with Gasteiger partial charge in [0.15, 0.2) is 5.78 Å². The number of ketones is 1. The summed E-state index contributed by atoms with van der Waals surface area (Å²) in [4.78, 5) is 17.9. The fourth-order valence-electron chi connectivity index (χ4n) is 4.51. The number of methoxy groups -OCH3 is 2. The largest absolute Gasteiger partial charge is 0.497 e. The van der Waals surface area contributed by atoms with Gasteiger partial charge >= 0.3 is 0 Å². The molecule has 0 unspecified atom stereocenters. The van der Waals surface area contributed by atoms with Gasteiger partial charge in [0.1, 0.15) is 23.9 Å². The van der Waals surface area contributed by atoms with E-state index in [0.29, 0.717) is 18.8 Å². The highest BCUT2D eigenvalue weighted by Crippen LogP contribution is 2.46. The first-order valence-corrected chi connectivity index (χ1v) is 10.8. The number of hydrogen-bond donors (Lipinski definition) is 1. The zero-order chi connectivity index (χ0) is 21.5. The number of aromatic nitrogens is 3. The normalized spacial score (nSPS) is 20.0. The number of rotatable bonds is 4. The molecule has 5 rings (SSSR count). The van der Waals surface area contributed by atoms with Gasteiger partial charge in [0.05, 0.1) is 14.2 Å². The standard InChI is InChI=1S/C23H21BrN4O3/c1-30-16-6-7-17(20(11-16)31-2)14-9-18-21(19(29)10-14)22(13-4-3-5-15(24)8-13)28-23(27-18)25-12-26-28/h3-8,11-12,14,22H,9-10H2,1-2H3,(H,25,26,27)/t14-,22-/m0/s1.